The minimum Gasteiger partial charge on any atom is -0.325 e. The first-order valence-electron chi connectivity index (χ1n) is 8.67. The Labute approximate surface area is 166 Å². The predicted octanol–water partition coefficient (Wildman–Crippen LogP) is 4.23. The second-order valence-electron chi connectivity index (χ2n) is 6.44. The van der Waals surface area contributed by atoms with Crippen LogP contribution in [0.5, 0.6) is 0 Å². The van der Waals surface area contributed by atoms with Gasteiger partial charge in [0.25, 0.3) is 15.7 Å². The van der Waals surface area contributed by atoms with E-state index in [0.717, 1.165) is 9.54 Å². The molecule has 0 saturated carbocycles. The molecule has 0 unspecified atom stereocenters. The smallest absolute Gasteiger partial charge is 0.271 e. The molecule has 0 amide bonds. The summed E-state index contributed by atoms with van der Waals surface area (Å²) in [5.41, 5.74) is 2.30. The Morgan fingerprint density at radius 2 is 1.62 bits per heavy atom. The predicted molar refractivity (Wildman–Crippen MR) is 110 cm³/mol. The Kier molecular flexibility index (Phi) is 4.51. The van der Waals surface area contributed by atoms with Crippen LogP contribution in [-0.4, -0.2) is 22.3 Å². The number of benzene rings is 3. The van der Waals surface area contributed by atoms with Crippen LogP contribution in [0.3, 0.4) is 0 Å². The fourth-order valence-electron chi connectivity index (χ4n) is 2.94. The molecule has 0 aliphatic carbocycles. The number of aromatic nitrogens is 2. The van der Waals surface area contributed by atoms with Gasteiger partial charge in [0, 0.05) is 17.8 Å². The number of fused-ring (bicyclic) bond motifs is 1. The lowest BCUT2D eigenvalue weighted by Crippen LogP contribution is -2.15. The molecule has 1 heterocycles. The Hall–Kier alpha value is -3.72. The Bertz CT molecular complexity index is 1310. The molecule has 0 atom stereocenters. The topological polar surface area (TPSA) is 107 Å². The average molecular weight is 408 g/mol. The van der Waals surface area contributed by atoms with Crippen molar-refractivity contribution in [3.63, 3.8) is 0 Å². The summed E-state index contributed by atoms with van der Waals surface area (Å²) in [6.45, 7) is 1.88. The van der Waals surface area contributed by atoms with Crippen molar-refractivity contribution in [2.45, 2.75) is 11.8 Å². The first-order chi connectivity index (χ1) is 13.9. The van der Waals surface area contributed by atoms with E-state index >= 15 is 0 Å². The number of nitro benzene ring substituents is 1. The third-order valence-corrected chi connectivity index (χ3v) is 6.13. The van der Waals surface area contributed by atoms with Crippen LogP contribution >= 0.6 is 0 Å². The summed E-state index contributed by atoms with van der Waals surface area (Å²) < 4.78 is 27.9. The summed E-state index contributed by atoms with van der Waals surface area (Å²) >= 11 is 0. The standard InChI is InChI=1S/C20H16N4O4S/c1-14-6-12-17(13-7-14)29(27,28)23-19-5-3-2-4-18(19)22-20(23)21-15-8-10-16(11-9-15)24(25)26/h2-13H,1H3,(H,21,22). The fourth-order valence-corrected chi connectivity index (χ4v) is 4.36. The van der Waals surface area contributed by atoms with Crippen LogP contribution in [0.2, 0.25) is 0 Å². The highest BCUT2D eigenvalue weighted by molar-refractivity contribution is 7.90. The van der Waals surface area contributed by atoms with Crippen LogP contribution in [-0.2, 0) is 10.0 Å². The molecule has 1 N–H and O–H groups in total. The number of hydrogen-bond donors (Lipinski definition) is 1. The number of rotatable bonds is 5. The normalized spacial score (nSPS) is 11.5. The first-order valence-corrected chi connectivity index (χ1v) is 10.1. The summed E-state index contributed by atoms with van der Waals surface area (Å²) in [7, 11) is -3.93. The molecule has 0 aliphatic heterocycles. The zero-order valence-electron chi connectivity index (χ0n) is 15.3. The van der Waals surface area contributed by atoms with Gasteiger partial charge in [-0.1, -0.05) is 29.8 Å². The number of anilines is 2. The van der Waals surface area contributed by atoms with Crippen LogP contribution in [0.4, 0.5) is 17.3 Å². The minimum absolute atomic E-state index is 0.0590. The second kappa shape index (κ2) is 7.02. The number of para-hydroxylation sites is 2. The second-order valence-corrected chi connectivity index (χ2v) is 8.22. The van der Waals surface area contributed by atoms with Crippen molar-refractivity contribution in [2.75, 3.05) is 5.32 Å². The maximum Gasteiger partial charge on any atom is 0.271 e. The number of non-ortho nitro benzene ring substituents is 1. The number of nitro groups is 1. The zero-order chi connectivity index (χ0) is 20.6. The van der Waals surface area contributed by atoms with Gasteiger partial charge in [-0.2, -0.15) is 0 Å². The molecule has 8 nitrogen and oxygen atoms in total. The SMILES string of the molecule is Cc1ccc(S(=O)(=O)n2c(Nc3ccc([N+](=O)[O-])cc3)nc3ccccc32)cc1. The van der Waals surface area contributed by atoms with Crippen molar-refractivity contribution in [3.05, 3.63) is 88.5 Å². The highest BCUT2D eigenvalue weighted by Gasteiger charge is 2.24. The summed E-state index contributed by atoms with van der Waals surface area (Å²) in [6.07, 6.45) is 0. The molecule has 0 bridgehead atoms. The maximum atomic E-state index is 13.4. The Morgan fingerprint density at radius 3 is 2.28 bits per heavy atom. The number of imidazole rings is 1. The van der Waals surface area contributed by atoms with E-state index in [1.54, 1.807) is 48.5 Å². The highest BCUT2D eigenvalue weighted by Crippen LogP contribution is 2.28. The van der Waals surface area contributed by atoms with Crippen molar-refractivity contribution in [2.24, 2.45) is 0 Å². The number of aryl methyl sites for hydroxylation is 1. The third-order valence-electron chi connectivity index (χ3n) is 4.41. The summed E-state index contributed by atoms with van der Waals surface area (Å²) in [5, 5.41) is 13.8. The van der Waals surface area contributed by atoms with E-state index in [-0.39, 0.29) is 16.5 Å². The van der Waals surface area contributed by atoms with Gasteiger partial charge in [-0.15, -0.1) is 0 Å². The van der Waals surface area contributed by atoms with E-state index in [0.29, 0.717) is 16.7 Å². The van der Waals surface area contributed by atoms with Crippen molar-refractivity contribution in [1.82, 2.24) is 8.96 Å². The monoisotopic (exact) mass is 408 g/mol. The maximum absolute atomic E-state index is 13.4. The highest BCUT2D eigenvalue weighted by atomic mass is 32.2. The average Bonchev–Trinajstić information content (AvgIpc) is 3.07. The molecule has 0 fully saturated rings. The molecule has 29 heavy (non-hydrogen) atoms. The van der Waals surface area contributed by atoms with E-state index in [1.165, 1.54) is 24.3 Å². The van der Waals surface area contributed by atoms with Crippen molar-refractivity contribution in [1.29, 1.82) is 0 Å². The van der Waals surface area contributed by atoms with Gasteiger partial charge in [-0.05, 0) is 43.3 Å². The third kappa shape index (κ3) is 3.43. The van der Waals surface area contributed by atoms with E-state index < -0.39 is 14.9 Å². The van der Waals surface area contributed by atoms with Crippen molar-refractivity contribution < 1.29 is 13.3 Å². The Balaban J connectivity index is 1.85. The molecule has 1 aromatic heterocycles. The van der Waals surface area contributed by atoms with Gasteiger partial charge in [0.15, 0.2) is 0 Å². The molecule has 9 heteroatoms. The molecular formula is C20H16N4O4S. The van der Waals surface area contributed by atoms with E-state index in [9.17, 15) is 18.5 Å². The van der Waals surface area contributed by atoms with Gasteiger partial charge >= 0.3 is 0 Å². The summed E-state index contributed by atoms with van der Waals surface area (Å²) in [4.78, 5) is 14.9. The van der Waals surface area contributed by atoms with Crippen LogP contribution in [0.25, 0.3) is 11.0 Å². The van der Waals surface area contributed by atoms with Gasteiger partial charge in [0.05, 0.1) is 20.9 Å². The molecule has 4 aromatic rings. The minimum atomic E-state index is -3.93. The molecular weight excluding hydrogens is 392 g/mol. The molecule has 3 aromatic carbocycles. The van der Waals surface area contributed by atoms with Gasteiger partial charge in [-0.25, -0.2) is 17.4 Å². The van der Waals surface area contributed by atoms with Crippen molar-refractivity contribution >= 4 is 38.4 Å². The number of hydrogen-bond acceptors (Lipinski definition) is 6. The van der Waals surface area contributed by atoms with E-state index in [2.05, 4.69) is 10.3 Å². The quantitative estimate of drug-likeness (QED) is 0.391. The largest absolute Gasteiger partial charge is 0.325 e. The molecule has 0 aliphatic rings. The lowest BCUT2D eigenvalue weighted by Gasteiger charge is -2.12. The van der Waals surface area contributed by atoms with Crippen LogP contribution in [0, 0.1) is 17.0 Å². The van der Waals surface area contributed by atoms with Crippen molar-refractivity contribution in [3.8, 4) is 0 Å². The Morgan fingerprint density at radius 1 is 0.966 bits per heavy atom. The van der Waals surface area contributed by atoms with Gasteiger partial charge in [0.2, 0.25) is 5.95 Å². The number of nitrogens with zero attached hydrogens (tertiary/aromatic N) is 3. The molecule has 0 saturated heterocycles. The van der Waals surface area contributed by atoms with Gasteiger partial charge < -0.3 is 5.32 Å². The van der Waals surface area contributed by atoms with Crippen LogP contribution in [0.15, 0.2) is 77.7 Å². The lowest BCUT2D eigenvalue weighted by molar-refractivity contribution is -0.384. The van der Waals surface area contributed by atoms with E-state index in [1.807, 2.05) is 6.92 Å². The van der Waals surface area contributed by atoms with Crippen LogP contribution < -0.4 is 5.32 Å². The van der Waals surface area contributed by atoms with E-state index in [4.69, 9.17) is 0 Å². The molecule has 146 valence electrons. The van der Waals surface area contributed by atoms with Gasteiger partial charge in [0.1, 0.15) is 0 Å². The lowest BCUT2D eigenvalue weighted by atomic mass is 10.2. The number of nitrogens with one attached hydrogen (secondary N) is 1. The first kappa shape index (κ1) is 18.6. The van der Waals surface area contributed by atoms with Crippen LogP contribution in [0.1, 0.15) is 5.56 Å². The molecule has 4 rings (SSSR count). The molecule has 0 spiro atoms. The zero-order valence-corrected chi connectivity index (χ0v) is 16.1. The summed E-state index contributed by atoms with van der Waals surface area (Å²) in [5.74, 6) is 0.0978. The fraction of sp³-hybridized carbons (Fsp3) is 0.0500. The van der Waals surface area contributed by atoms with Gasteiger partial charge in [-0.3, -0.25) is 10.1 Å². The summed E-state index contributed by atoms with van der Waals surface area (Å²) in [6, 6.07) is 19.1. The molecule has 0 radical (unpaired) electrons.